The van der Waals surface area contributed by atoms with E-state index in [0.717, 1.165) is 18.1 Å². The molecule has 0 atom stereocenters. The molecule has 0 aromatic rings. The Hall–Kier alpha value is -0.0400. The fraction of sp³-hybridized carbons (Fsp3) is 1.00. The van der Waals surface area contributed by atoms with E-state index < -0.39 is 0 Å². The molecule has 0 aliphatic rings. The second-order valence-electron chi connectivity index (χ2n) is 8.18. The third-order valence-electron chi connectivity index (χ3n) is 5.78. The Balaban J connectivity index is 3.87. The number of rotatable bonds is 14. The smallest absolute Gasteiger partial charge is 0.0837 e. The van der Waals surface area contributed by atoms with E-state index >= 15 is 0 Å². The highest BCUT2D eigenvalue weighted by molar-refractivity contribution is 4.59. The van der Waals surface area contributed by atoms with E-state index in [4.69, 9.17) is 0 Å². The summed E-state index contributed by atoms with van der Waals surface area (Å²) >= 11 is 0. The summed E-state index contributed by atoms with van der Waals surface area (Å²) < 4.78 is 1.29. The van der Waals surface area contributed by atoms with Crippen LogP contribution in [-0.4, -0.2) is 29.2 Å². The SMILES string of the molecule is CCCCCCCCCCCC[N+](C(C)C)(C(C)C)C(C)C. The maximum atomic E-state index is 2.41. The predicted octanol–water partition coefficient (Wildman–Crippen LogP) is 6.95. The third-order valence-corrected chi connectivity index (χ3v) is 5.78. The molecule has 0 amide bonds. The van der Waals surface area contributed by atoms with Crippen molar-refractivity contribution in [1.29, 1.82) is 0 Å². The van der Waals surface area contributed by atoms with Crippen LogP contribution in [0.1, 0.15) is 113 Å². The van der Waals surface area contributed by atoms with E-state index in [-0.39, 0.29) is 0 Å². The van der Waals surface area contributed by atoms with E-state index in [1.165, 1.54) is 75.2 Å². The Kier molecular flexibility index (Phi) is 12.4. The highest BCUT2D eigenvalue weighted by Gasteiger charge is 2.37. The van der Waals surface area contributed by atoms with Gasteiger partial charge < -0.3 is 4.48 Å². The van der Waals surface area contributed by atoms with Gasteiger partial charge in [0.05, 0.1) is 24.7 Å². The van der Waals surface area contributed by atoms with Gasteiger partial charge in [-0.15, -0.1) is 0 Å². The molecular weight excluding hydrogens is 266 g/mol. The number of unbranched alkanes of at least 4 members (excludes halogenated alkanes) is 9. The first-order valence-corrected chi connectivity index (χ1v) is 10.3. The number of hydrogen-bond donors (Lipinski definition) is 0. The average molecular weight is 313 g/mol. The molecule has 1 heteroatoms. The monoisotopic (exact) mass is 312 g/mol. The minimum Gasteiger partial charge on any atom is -0.318 e. The molecule has 0 rings (SSSR count). The first kappa shape index (κ1) is 22.0. The van der Waals surface area contributed by atoms with Crippen LogP contribution in [0.25, 0.3) is 0 Å². The Morgan fingerprint density at radius 2 is 0.818 bits per heavy atom. The molecule has 0 saturated carbocycles. The highest BCUT2D eigenvalue weighted by atomic mass is 15.4. The van der Waals surface area contributed by atoms with Gasteiger partial charge in [-0.1, -0.05) is 58.3 Å². The van der Waals surface area contributed by atoms with Crippen LogP contribution in [0.2, 0.25) is 0 Å². The fourth-order valence-electron chi connectivity index (χ4n) is 4.44. The van der Waals surface area contributed by atoms with Crippen molar-refractivity contribution in [2.75, 3.05) is 6.54 Å². The van der Waals surface area contributed by atoms with E-state index in [1.54, 1.807) is 0 Å². The fourth-order valence-corrected chi connectivity index (χ4v) is 4.44. The lowest BCUT2D eigenvalue weighted by atomic mass is 10.0. The van der Waals surface area contributed by atoms with Gasteiger partial charge in [-0.05, 0) is 54.4 Å². The maximum absolute atomic E-state index is 2.41. The number of quaternary nitrogens is 1. The zero-order valence-electron chi connectivity index (χ0n) is 17.0. The van der Waals surface area contributed by atoms with E-state index in [1.807, 2.05) is 0 Å². The standard InChI is InChI=1S/C21H46N/c1-8-9-10-11-12-13-14-15-16-17-18-22(19(2)3,20(4)5)21(6)7/h19-21H,8-18H2,1-7H3/q+1. The molecule has 0 aromatic carbocycles. The van der Waals surface area contributed by atoms with Crippen molar-refractivity contribution < 1.29 is 4.48 Å². The summed E-state index contributed by atoms with van der Waals surface area (Å²) in [6.07, 6.45) is 14.4. The van der Waals surface area contributed by atoms with Gasteiger partial charge in [0.25, 0.3) is 0 Å². The third kappa shape index (κ3) is 7.49. The summed E-state index contributed by atoms with van der Waals surface area (Å²) in [5, 5.41) is 0. The Morgan fingerprint density at radius 3 is 1.14 bits per heavy atom. The topological polar surface area (TPSA) is 0 Å². The van der Waals surface area contributed by atoms with Crippen LogP contribution in [0.4, 0.5) is 0 Å². The highest BCUT2D eigenvalue weighted by Crippen LogP contribution is 2.26. The van der Waals surface area contributed by atoms with Gasteiger partial charge >= 0.3 is 0 Å². The minimum atomic E-state index is 0.735. The first-order chi connectivity index (χ1) is 10.4. The molecule has 0 radical (unpaired) electrons. The van der Waals surface area contributed by atoms with Crippen molar-refractivity contribution in [2.45, 2.75) is 131 Å². The Labute approximate surface area is 142 Å². The average Bonchev–Trinajstić information content (AvgIpc) is 2.43. The van der Waals surface area contributed by atoms with Gasteiger partial charge in [0, 0.05) is 0 Å². The van der Waals surface area contributed by atoms with Crippen LogP contribution in [0, 0.1) is 0 Å². The normalized spacial score (nSPS) is 12.8. The van der Waals surface area contributed by atoms with E-state index in [2.05, 4.69) is 48.5 Å². The lowest BCUT2D eigenvalue weighted by Gasteiger charge is -2.49. The summed E-state index contributed by atoms with van der Waals surface area (Å²) in [5.41, 5.74) is 0. The molecule has 1 nitrogen and oxygen atoms in total. The van der Waals surface area contributed by atoms with Crippen molar-refractivity contribution in [3.8, 4) is 0 Å². The van der Waals surface area contributed by atoms with Crippen molar-refractivity contribution in [1.82, 2.24) is 0 Å². The Morgan fingerprint density at radius 1 is 0.500 bits per heavy atom. The summed E-state index contributed by atoms with van der Waals surface area (Å²) in [7, 11) is 0. The zero-order chi connectivity index (χ0) is 17.0. The number of nitrogens with zero attached hydrogens (tertiary/aromatic N) is 1. The summed E-state index contributed by atoms with van der Waals surface area (Å²) in [5.74, 6) is 0. The molecule has 0 fully saturated rings. The molecule has 0 bridgehead atoms. The molecule has 0 spiro atoms. The molecule has 0 saturated heterocycles. The van der Waals surface area contributed by atoms with Gasteiger partial charge in [0.2, 0.25) is 0 Å². The van der Waals surface area contributed by atoms with Crippen LogP contribution in [-0.2, 0) is 0 Å². The van der Waals surface area contributed by atoms with Gasteiger partial charge in [0.1, 0.15) is 0 Å². The second-order valence-corrected chi connectivity index (χ2v) is 8.18. The van der Waals surface area contributed by atoms with Crippen molar-refractivity contribution >= 4 is 0 Å². The van der Waals surface area contributed by atoms with E-state index in [9.17, 15) is 0 Å². The largest absolute Gasteiger partial charge is 0.318 e. The quantitative estimate of drug-likeness (QED) is 0.240. The lowest BCUT2D eigenvalue weighted by molar-refractivity contribution is -0.985. The predicted molar refractivity (Wildman–Crippen MR) is 102 cm³/mol. The molecule has 0 aromatic heterocycles. The molecule has 0 N–H and O–H groups in total. The van der Waals surface area contributed by atoms with Gasteiger partial charge in [-0.2, -0.15) is 0 Å². The maximum Gasteiger partial charge on any atom is 0.0837 e. The molecule has 22 heavy (non-hydrogen) atoms. The molecule has 0 aliphatic carbocycles. The molecular formula is C21H46N+. The van der Waals surface area contributed by atoms with Gasteiger partial charge in [-0.3, -0.25) is 0 Å². The summed E-state index contributed by atoms with van der Waals surface area (Å²) in [6.45, 7) is 18.1. The van der Waals surface area contributed by atoms with Crippen LogP contribution >= 0.6 is 0 Å². The van der Waals surface area contributed by atoms with Gasteiger partial charge in [0.15, 0.2) is 0 Å². The lowest BCUT2D eigenvalue weighted by Crippen LogP contribution is -2.62. The van der Waals surface area contributed by atoms with Crippen molar-refractivity contribution in [3.05, 3.63) is 0 Å². The Bertz CT molecular complexity index is 221. The molecule has 0 unspecified atom stereocenters. The first-order valence-electron chi connectivity index (χ1n) is 10.3. The molecule has 0 aliphatic heterocycles. The van der Waals surface area contributed by atoms with E-state index in [0.29, 0.717) is 0 Å². The van der Waals surface area contributed by atoms with Crippen molar-refractivity contribution in [2.24, 2.45) is 0 Å². The van der Waals surface area contributed by atoms with Crippen LogP contribution in [0.5, 0.6) is 0 Å². The molecule has 0 heterocycles. The summed E-state index contributed by atoms with van der Waals surface area (Å²) in [6, 6.07) is 2.20. The summed E-state index contributed by atoms with van der Waals surface area (Å²) in [4.78, 5) is 0. The number of hydrogen-bond acceptors (Lipinski definition) is 0. The van der Waals surface area contributed by atoms with Crippen molar-refractivity contribution in [3.63, 3.8) is 0 Å². The molecule has 134 valence electrons. The van der Waals surface area contributed by atoms with Crippen LogP contribution < -0.4 is 0 Å². The zero-order valence-corrected chi connectivity index (χ0v) is 17.0. The van der Waals surface area contributed by atoms with Crippen LogP contribution in [0.15, 0.2) is 0 Å². The second kappa shape index (κ2) is 12.4. The van der Waals surface area contributed by atoms with Crippen LogP contribution in [0.3, 0.4) is 0 Å². The minimum absolute atomic E-state index is 0.735. The van der Waals surface area contributed by atoms with Gasteiger partial charge in [-0.25, -0.2) is 0 Å².